The molecule has 1 aromatic carbocycles. The van der Waals surface area contributed by atoms with Gasteiger partial charge in [0.1, 0.15) is 5.58 Å². The molecule has 0 aliphatic heterocycles. The van der Waals surface area contributed by atoms with Crippen LogP contribution in [0.4, 0.5) is 0 Å². The molecule has 2 rings (SSSR count). The van der Waals surface area contributed by atoms with E-state index in [9.17, 15) is 0 Å². The molecule has 0 amide bonds. The summed E-state index contributed by atoms with van der Waals surface area (Å²) >= 11 is 0. The first-order valence-corrected chi connectivity index (χ1v) is 5.35. The molecular weight excluding hydrogens is 186 g/mol. The molecular formula is C13H17NO. The van der Waals surface area contributed by atoms with Crippen molar-refractivity contribution in [1.82, 2.24) is 5.32 Å². The van der Waals surface area contributed by atoms with E-state index in [2.05, 4.69) is 31.3 Å². The smallest absolute Gasteiger partial charge is 0.137 e. The summed E-state index contributed by atoms with van der Waals surface area (Å²) in [4.78, 5) is 0. The molecule has 0 fully saturated rings. The number of likely N-dealkylation sites (N-methyl/N-ethyl adjacent to an activating group) is 1. The Morgan fingerprint density at radius 3 is 2.80 bits per heavy atom. The topological polar surface area (TPSA) is 25.2 Å². The van der Waals surface area contributed by atoms with Crippen molar-refractivity contribution in [2.75, 3.05) is 13.6 Å². The lowest BCUT2D eigenvalue weighted by Crippen LogP contribution is -2.09. The van der Waals surface area contributed by atoms with Crippen molar-refractivity contribution >= 4 is 11.0 Å². The highest BCUT2D eigenvalue weighted by Gasteiger charge is 2.08. The monoisotopic (exact) mass is 203 g/mol. The number of rotatable bonds is 3. The van der Waals surface area contributed by atoms with E-state index in [-0.39, 0.29) is 0 Å². The number of hydrogen-bond donors (Lipinski definition) is 1. The lowest BCUT2D eigenvalue weighted by molar-refractivity contribution is 0.606. The fourth-order valence-electron chi connectivity index (χ4n) is 1.84. The van der Waals surface area contributed by atoms with Crippen molar-refractivity contribution in [3.05, 3.63) is 35.1 Å². The van der Waals surface area contributed by atoms with Gasteiger partial charge in [-0.2, -0.15) is 0 Å². The lowest BCUT2D eigenvalue weighted by Gasteiger charge is -2.01. The van der Waals surface area contributed by atoms with Crippen LogP contribution in [0, 0.1) is 13.8 Å². The molecule has 0 atom stereocenters. The van der Waals surface area contributed by atoms with E-state index in [0.717, 1.165) is 18.5 Å². The maximum atomic E-state index is 5.63. The molecule has 0 saturated heterocycles. The predicted molar refractivity (Wildman–Crippen MR) is 63.3 cm³/mol. The summed E-state index contributed by atoms with van der Waals surface area (Å²) in [5.74, 6) is 0. The van der Waals surface area contributed by atoms with Gasteiger partial charge in [-0.3, -0.25) is 0 Å². The van der Waals surface area contributed by atoms with Crippen LogP contribution in [-0.2, 0) is 6.42 Å². The number of fused-ring (bicyclic) bond motifs is 1. The summed E-state index contributed by atoms with van der Waals surface area (Å²) in [5.41, 5.74) is 4.88. The third-order valence-electron chi connectivity index (χ3n) is 2.99. The van der Waals surface area contributed by atoms with Crippen LogP contribution in [0.1, 0.15) is 16.7 Å². The SMILES string of the molecule is CNCCc1coc2c(C)c(C)ccc12. The van der Waals surface area contributed by atoms with Crippen LogP contribution in [-0.4, -0.2) is 13.6 Å². The van der Waals surface area contributed by atoms with Gasteiger partial charge in [-0.15, -0.1) is 0 Å². The van der Waals surface area contributed by atoms with Gasteiger partial charge in [-0.1, -0.05) is 12.1 Å². The van der Waals surface area contributed by atoms with Gasteiger partial charge in [0.25, 0.3) is 0 Å². The molecule has 80 valence electrons. The zero-order valence-corrected chi connectivity index (χ0v) is 9.55. The maximum absolute atomic E-state index is 5.63. The fourth-order valence-corrected chi connectivity index (χ4v) is 1.84. The molecule has 1 N–H and O–H groups in total. The summed E-state index contributed by atoms with van der Waals surface area (Å²) in [6.45, 7) is 5.22. The number of benzene rings is 1. The van der Waals surface area contributed by atoms with Crippen LogP contribution in [0.25, 0.3) is 11.0 Å². The van der Waals surface area contributed by atoms with Crippen LogP contribution in [0.3, 0.4) is 0 Å². The zero-order chi connectivity index (χ0) is 10.8. The van der Waals surface area contributed by atoms with E-state index < -0.39 is 0 Å². The van der Waals surface area contributed by atoms with Crippen LogP contribution < -0.4 is 5.32 Å². The van der Waals surface area contributed by atoms with E-state index in [4.69, 9.17) is 4.42 Å². The Kier molecular flexibility index (Phi) is 2.78. The van der Waals surface area contributed by atoms with Crippen LogP contribution in [0.2, 0.25) is 0 Å². The molecule has 2 aromatic rings. The lowest BCUT2D eigenvalue weighted by atomic mass is 10.0. The van der Waals surface area contributed by atoms with Gasteiger partial charge in [-0.25, -0.2) is 0 Å². The molecule has 15 heavy (non-hydrogen) atoms. The van der Waals surface area contributed by atoms with Gasteiger partial charge in [0, 0.05) is 5.39 Å². The highest BCUT2D eigenvalue weighted by molar-refractivity contribution is 5.84. The molecule has 0 aliphatic carbocycles. The summed E-state index contributed by atoms with van der Waals surface area (Å²) in [6, 6.07) is 4.32. The first kappa shape index (κ1) is 10.2. The molecule has 0 saturated carbocycles. The molecule has 0 radical (unpaired) electrons. The van der Waals surface area contributed by atoms with Gasteiger partial charge in [0.2, 0.25) is 0 Å². The number of hydrogen-bond acceptors (Lipinski definition) is 2. The highest BCUT2D eigenvalue weighted by atomic mass is 16.3. The third kappa shape index (κ3) is 1.77. The molecule has 2 heteroatoms. The number of aryl methyl sites for hydroxylation is 2. The van der Waals surface area contributed by atoms with E-state index >= 15 is 0 Å². The Bertz CT molecular complexity index is 471. The van der Waals surface area contributed by atoms with E-state index in [1.54, 1.807) is 0 Å². The summed E-state index contributed by atoms with van der Waals surface area (Å²) in [7, 11) is 1.97. The number of nitrogens with one attached hydrogen (secondary N) is 1. The molecule has 1 heterocycles. The first-order valence-electron chi connectivity index (χ1n) is 5.35. The van der Waals surface area contributed by atoms with Crippen molar-refractivity contribution < 1.29 is 4.42 Å². The molecule has 0 unspecified atom stereocenters. The Hall–Kier alpha value is -1.28. The minimum atomic E-state index is 0.988. The van der Waals surface area contributed by atoms with E-state index in [1.807, 2.05) is 13.3 Å². The van der Waals surface area contributed by atoms with E-state index in [0.29, 0.717) is 0 Å². The van der Waals surface area contributed by atoms with Gasteiger partial charge >= 0.3 is 0 Å². The van der Waals surface area contributed by atoms with Crippen molar-refractivity contribution in [2.24, 2.45) is 0 Å². The second kappa shape index (κ2) is 4.07. The predicted octanol–water partition coefficient (Wildman–Crippen LogP) is 2.81. The zero-order valence-electron chi connectivity index (χ0n) is 9.55. The highest BCUT2D eigenvalue weighted by Crippen LogP contribution is 2.26. The summed E-state index contributed by atoms with van der Waals surface area (Å²) in [5, 5.41) is 4.41. The van der Waals surface area contributed by atoms with Crippen LogP contribution >= 0.6 is 0 Å². The molecule has 0 bridgehead atoms. The van der Waals surface area contributed by atoms with Crippen molar-refractivity contribution in [2.45, 2.75) is 20.3 Å². The Morgan fingerprint density at radius 2 is 2.07 bits per heavy atom. The summed E-state index contributed by atoms with van der Waals surface area (Å²) < 4.78 is 5.63. The normalized spacial score (nSPS) is 11.1. The second-order valence-electron chi connectivity index (χ2n) is 4.00. The van der Waals surface area contributed by atoms with E-state index in [1.165, 1.54) is 22.1 Å². The third-order valence-corrected chi connectivity index (χ3v) is 2.99. The molecule has 2 nitrogen and oxygen atoms in total. The minimum Gasteiger partial charge on any atom is -0.464 e. The van der Waals surface area contributed by atoms with Gasteiger partial charge in [-0.05, 0) is 50.6 Å². The quantitative estimate of drug-likeness (QED) is 0.829. The van der Waals surface area contributed by atoms with Gasteiger partial charge in [0.05, 0.1) is 6.26 Å². The van der Waals surface area contributed by atoms with Crippen molar-refractivity contribution in [3.63, 3.8) is 0 Å². The Balaban J connectivity index is 2.47. The minimum absolute atomic E-state index is 0.988. The van der Waals surface area contributed by atoms with Crippen molar-refractivity contribution in [1.29, 1.82) is 0 Å². The standard InChI is InChI=1S/C13H17NO/c1-9-4-5-12-11(6-7-14-3)8-15-13(12)10(9)2/h4-5,8,14H,6-7H2,1-3H3. The molecule has 1 aromatic heterocycles. The molecule has 0 spiro atoms. The Morgan fingerprint density at radius 1 is 1.27 bits per heavy atom. The van der Waals surface area contributed by atoms with Crippen molar-refractivity contribution in [3.8, 4) is 0 Å². The fraction of sp³-hybridized carbons (Fsp3) is 0.385. The van der Waals surface area contributed by atoms with Crippen LogP contribution in [0.5, 0.6) is 0 Å². The Labute approximate surface area is 90.3 Å². The largest absolute Gasteiger partial charge is 0.464 e. The summed E-state index contributed by atoms with van der Waals surface area (Å²) in [6.07, 6.45) is 2.90. The maximum Gasteiger partial charge on any atom is 0.137 e. The average Bonchev–Trinajstić information content (AvgIpc) is 2.64. The molecule has 0 aliphatic rings. The van der Waals surface area contributed by atoms with Crippen LogP contribution in [0.15, 0.2) is 22.8 Å². The van der Waals surface area contributed by atoms with Gasteiger partial charge < -0.3 is 9.73 Å². The second-order valence-corrected chi connectivity index (χ2v) is 4.00. The average molecular weight is 203 g/mol. The first-order chi connectivity index (χ1) is 7.24. The number of furan rings is 1. The van der Waals surface area contributed by atoms with Gasteiger partial charge in [0.15, 0.2) is 0 Å².